The van der Waals surface area contributed by atoms with Crippen molar-refractivity contribution in [1.82, 2.24) is 9.97 Å². The molecular formula is C14H14N2O4. The van der Waals surface area contributed by atoms with Crippen molar-refractivity contribution in [2.45, 2.75) is 13.0 Å². The summed E-state index contributed by atoms with van der Waals surface area (Å²) in [6.45, 7) is 1.62. The summed E-state index contributed by atoms with van der Waals surface area (Å²) < 4.78 is 15.4. The van der Waals surface area contributed by atoms with Gasteiger partial charge in [0.2, 0.25) is 0 Å². The number of nitrogens with zero attached hydrogens (tertiary/aromatic N) is 2. The molecule has 0 amide bonds. The Bertz CT molecular complexity index is 557. The second-order valence-electron chi connectivity index (χ2n) is 3.89. The molecule has 0 radical (unpaired) electrons. The van der Waals surface area contributed by atoms with E-state index in [9.17, 15) is 4.79 Å². The molecule has 0 fully saturated rings. The summed E-state index contributed by atoms with van der Waals surface area (Å²) in [6, 6.07) is 8.77. The summed E-state index contributed by atoms with van der Waals surface area (Å²) in [6.07, 6.45) is 2.53. The highest BCUT2D eigenvalue weighted by Gasteiger charge is 2.14. The Morgan fingerprint density at radius 2 is 1.70 bits per heavy atom. The van der Waals surface area contributed by atoms with Crippen LogP contribution in [0.25, 0.3) is 0 Å². The van der Waals surface area contributed by atoms with Crippen LogP contribution in [0.5, 0.6) is 17.5 Å². The third-order valence-electron chi connectivity index (χ3n) is 2.42. The van der Waals surface area contributed by atoms with Crippen molar-refractivity contribution in [1.29, 1.82) is 0 Å². The number of aromatic nitrogens is 2. The molecule has 0 spiro atoms. The number of carbonyl (C=O) groups is 1. The van der Waals surface area contributed by atoms with Gasteiger partial charge in [0, 0.05) is 12.4 Å². The van der Waals surface area contributed by atoms with E-state index in [1.807, 2.05) is 0 Å². The maximum atomic E-state index is 11.2. The Morgan fingerprint density at radius 1 is 1.10 bits per heavy atom. The molecule has 1 aromatic carbocycles. The van der Waals surface area contributed by atoms with Gasteiger partial charge in [0.25, 0.3) is 0 Å². The summed E-state index contributed by atoms with van der Waals surface area (Å²) in [5, 5.41) is 0. The minimum atomic E-state index is -0.663. The molecule has 0 saturated heterocycles. The van der Waals surface area contributed by atoms with Crippen molar-refractivity contribution in [3.63, 3.8) is 0 Å². The largest absolute Gasteiger partial charge is 0.479 e. The molecule has 1 heterocycles. The van der Waals surface area contributed by atoms with Crippen molar-refractivity contribution in [3.8, 4) is 17.5 Å². The monoisotopic (exact) mass is 274 g/mol. The van der Waals surface area contributed by atoms with E-state index >= 15 is 0 Å². The molecule has 1 atom stereocenters. The van der Waals surface area contributed by atoms with E-state index < -0.39 is 12.1 Å². The number of methoxy groups -OCH3 is 1. The number of esters is 1. The quantitative estimate of drug-likeness (QED) is 0.778. The third-order valence-corrected chi connectivity index (χ3v) is 2.42. The maximum absolute atomic E-state index is 11.2. The summed E-state index contributed by atoms with van der Waals surface area (Å²) in [4.78, 5) is 19.1. The fourth-order valence-corrected chi connectivity index (χ4v) is 1.45. The molecule has 104 valence electrons. The van der Waals surface area contributed by atoms with Crippen LogP contribution in [0.2, 0.25) is 0 Å². The lowest BCUT2D eigenvalue weighted by Crippen LogP contribution is -2.24. The second kappa shape index (κ2) is 6.51. The predicted molar refractivity (Wildman–Crippen MR) is 70.7 cm³/mol. The van der Waals surface area contributed by atoms with Gasteiger partial charge in [0.1, 0.15) is 11.5 Å². The maximum Gasteiger partial charge on any atom is 0.346 e. The van der Waals surface area contributed by atoms with Crippen molar-refractivity contribution >= 4 is 5.97 Å². The van der Waals surface area contributed by atoms with E-state index in [1.165, 1.54) is 7.11 Å². The molecule has 0 aliphatic rings. The van der Waals surface area contributed by atoms with Gasteiger partial charge in [0.05, 0.1) is 7.11 Å². The molecule has 0 bridgehead atoms. The van der Waals surface area contributed by atoms with Crippen molar-refractivity contribution in [2.24, 2.45) is 0 Å². The van der Waals surface area contributed by atoms with Gasteiger partial charge in [-0.3, -0.25) is 0 Å². The van der Waals surface area contributed by atoms with Crippen LogP contribution in [-0.4, -0.2) is 29.2 Å². The topological polar surface area (TPSA) is 70.5 Å². The van der Waals surface area contributed by atoms with Gasteiger partial charge in [-0.05, 0) is 37.3 Å². The molecule has 1 unspecified atom stereocenters. The Kier molecular flexibility index (Phi) is 4.49. The van der Waals surface area contributed by atoms with E-state index in [4.69, 9.17) is 9.47 Å². The molecule has 0 aliphatic heterocycles. The van der Waals surface area contributed by atoms with Crippen LogP contribution in [0.15, 0.2) is 42.7 Å². The third kappa shape index (κ3) is 3.68. The zero-order valence-electron chi connectivity index (χ0n) is 11.1. The van der Waals surface area contributed by atoms with E-state index in [1.54, 1.807) is 49.6 Å². The summed E-state index contributed by atoms with van der Waals surface area (Å²) >= 11 is 0. The average molecular weight is 274 g/mol. The fraction of sp³-hybridized carbons (Fsp3) is 0.214. The van der Waals surface area contributed by atoms with Crippen LogP contribution in [0.4, 0.5) is 0 Å². The van der Waals surface area contributed by atoms with Gasteiger partial charge in [-0.2, -0.15) is 0 Å². The highest BCUT2D eigenvalue weighted by molar-refractivity contribution is 5.74. The van der Waals surface area contributed by atoms with Gasteiger partial charge in [-0.25, -0.2) is 14.8 Å². The molecule has 0 N–H and O–H groups in total. The first kappa shape index (κ1) is 13.8. The molecule has 20 heavy (non-hydrogen) atoms. The van der Waals surface area contributed by atoms with Crippen molar-refractivity contribution in [3.05, 3.63) is 42.7 Å². The molecular weight excluding hydrogens is 260 g/mol. The number of carbonyl (C=O) groups excluding carboxylic acids is 1. The van der Waals surface area contributed by atoms with Crippen LogP contribution >= 0.6 is 0 Å². The molecule has 2 aromatic rings. The van der Waals surface area contributed by atoms with Gasteiger partial charge < -0.3 is 14.2 Å². The van der Waals surface area contributed by atoms with Crippen LogP contribution < -0.4 is 9.47 Å². The van der Waals surface area contributed by atoms with Gasteiger partial charge in [0.15, 0.2) is 6.10 Å². The zero-order chi connectivity index (χ0) is 14.4. The van der Waals surface area contributed by atoms with Crippen LogP contribution in [0.1, 0.15) is 6.92 Å². The Labute approximate surface area is 116 Å². The van der Waals surface area contributed by atoms with Crippen LogP contribution in [0, 0.1) is 0 Å². The summed E-state index contributed by atoms with van der Waals surface area (Å²) in [7, 11) is 1.32. The van der Waals surface area contributed by atoms with Crippen LogP contribution in [-0.2, 0) is 9.53 Å². The first-order chi connectivity index (χ1) is 9.69. The standard InChI is InChI=1S/C14H14N2O4/c1-10(13(17)18-2)19-11-4-6-12(7-5-11)20-14-15-8-3-9-16-14/h3-10H,1-2H3. The Hall–Kier alpha value is -2.63. The smallest absolute Gasteiger partial charge is 0.346 e. The summed E-state index contributed by atoms with van der Waals surface area (Å²) in [5.74, 6) is 0.696. The van der Waals surface area contributed by atoms with Crippen LogP contribution in [0.3, 0.4) is 0 Å². The first-order valence-electron chi connectivity index (χ1n) is 5.98. The molecule has 0 aliphatic carbocycles. The van der Waals surface area contributed by atoms with E-state index in [2.05, 4.69) is 14.7 Å². The van der Waals surface area contributed by atoms with Gasteiger partial charge >= 0.3 is 12.0 Å². The lowest BCUT2D eigenvalue weighted by atomic mass is 10.3. The molecule has 2 rings (SSSR count). The van der Waals surface area contributed by atoms with Crippen molar-refractivity contribution < 1.29 is 19.0 Å². The lowest BCUT2D eigenvalue weighted by molar-refractivity contribution is -0.147. The Morgan fingerprint density at radius 3 is 2.30 bits per heavy atom. The summed E-state index contributed by atoms with van der Waals surface area (Å²) in [5.41, 5.74) is 0. The first-order valence-corrected chi connectivity index (χ1v) is 5.98. The SMILES string of the molecule is COC(=O)C(C)Oc1ccc(Oc2ncccn2)cc1. The molecule has 0 saturated carbocycles. The number of rotatable bonds is 5. The minimum absolute atomic E-state index is 0.268. The highest BCUT2D eigenvalue weighted by atomic mass is 16.6. The van der Waals surface area contributed by atoms with Crippen molar-refractivity contribution in [2.75, 3.05) is 7.11 Å². The predicted octanol–water partition coefficient (Wildman–Crippen LogP) is 2.21. The number of benzene rings is 1. The van der Waals surface area contributed by atoms with E-state index in [-0.39, 0.29) is 6.01 Å². The fourth-order valence-electron chi connectivity index (χ4n) is 1.45. The Balaban J connectivity index is 1.98. The minimum Gasteiger partial charge on any atom is -0.479 e. The normalized spacial score (nSPS) is 11.5. The lowest BCUT2D eigenvalue weighted by Gasteiger charge is -2.12. The molecule has 1 aromatic heterocycles. The highest BCUT2D eigenvalue weighted by Crippen LogP contribution is 2.21. The number of hydrogen-bond acceptors (Lipinski definition) is 6. The molecule has 6 nitrogen and oxygen atoms in total. The average Bonchev–Trinajstić information content (AvgIpc) is 2.49. The van der Waals surface area contributed by atoms with Gasteiger partial charge in [-0.1, -0.05) is 0 Å². The zero-order valence-corrected chi connectivity index (χ0v) is 11.1. The second-order valence-corrected chi connectivity index (χ2v) is 3.89. The number of ether oxygens (including phenoxy) is 3. The molecule has 6 heteroatoms. The van der Waals surface area contributed by atoms with Gasteiger partial charge in [-0.15, -0.1) is 0 Å². The number of hydrogen-bond donors (Lipinski definition) is 0. The van der Waals surface area contributed by atoms with E-state index in [0.29, 0.717) is 11.5 Å². The van der Waals surface area contributed by atoms with E-state index in [0.717, 1.165) is 0 Å².